The van der Waals surface area contributed by atoms with E-state index >= 15 is 0 Å². The Morgan fingerprint density at radius 3 is 2.20 bits per heavy atom. The van der Waals surface area contributed by atoms with Crippen LogP contribution in [0.4, 0.5) is 0 Å². The van der Waals surface area contributed by atoms with E-state index in [0.29, 0.717) is 11.4 Å². The van der Waals surface area contributed by atoms with Crippen molar-refractivity contribution in [2.75, 3.05) is 45.7 Å². The summed E-state index contributed by atoms with van der Waals surface area (Å²) in [5, 5.41) is 1.19. The van der Waals surface area contributed by atoms with Gasteiger partial charge in [-0.25, -0.2) is 0 Å². The number of carbonyl (C=O) groups excluding carboxylic acids is 1. The fourth-order valence-corrected chi connectivity index (χ4v) is 5.56. The molecule has 2 heterocycles. The van der Waals surface area contributed by atoms with Gasteiger partial charge in [0.1, 0.15) is 17.2 Å². The first-order valence-electron chi connectivity index (χ1n) is 14.0. The highest BCUT2D eigenvalue weighted by molar-refractivity contribution is 6.17. The minimum Gasteiger partial charge on any atom is -0.497 e. The van der Waals surface area contributed by atoms with E-state index in [1.165, 1.54) is 27.7 Å². The van der Waals surface area contributed by atoms with Crippen LogP contribution in [0.3, 0.4) is 0 Å². The summed E-state index contributed by atoms with van der Waals surface area (Å²) in [6, 6.07) is 22.0. The molecule has 4 aromatic rings. The zero-order chi connectivity index (χ0) is 28.1. The molecule has 1 saturated heterocycles. The molecule has 210 valence electrons. The summed E-state index contributed by atoms with van der Waals surface area (Å²) >= 11 is 5.93. The number of aromatic nitrogens is 1. The molecule has 0 saturated carbocycles. The minimum absolute atomic E-state index is 0.0761. The standard InChI is InChI=1S/C33H38ClN3O3/c1-24-25(2)37(17-4-16-34)32-14-13-30(23-31(24)32)40-29-11-7-27(8-12-29)33(38)36-21-19-35(20-22-36)18-15-26-5-9-28(39-3)10-6-26/h5-14,23H,4,15-22H2,1-3H3. The quantitative estimate of drug-likeness (QED) is 0.203. The number of piperazine rings is 1. The molecule has 1 aliphatic heterocycles. The van der Waals surface area contributed by atoms with Crippen LogP contribution >= 0.6 is 11.6 Å². The Kier molecular flexibility index (Phi) is 8.98. The van der Waals surface area contributed by atoms with Crippen LogP contribution < -0.4 is 9.47 Å². The van der Waals surface area contributed by atoms with Gasteiger partial charge in [-0.05, 0) is 92.4 Å². The molecular weight excluding hydrogens is 522 g/mol. The smallest absolute Gasteiger partial charge is 0.253 e. The lowest BCUT2D eigenvalue weighted by atomic mass is 10.1. The van der Waals surface area contributed by atoms with Crippen LogP contribution in [0.5, 0.6) is 17.2 Å². The lowest BCUT2D eigenvalue weighted by Crippen LogP contribution is -2.49. The first-order chi connectivity index (χ1) is 19.5. The van der Waals surface area contributed by atoms with Crippen LogP contribution in [0.2, 0.25) is 0 Å². The predicted octanol–water partition coefficient (Wildman–Crippen LogP) is 6.69. The van der Waals surface area contributed by atoms with E-state index in [-0.39, 0.29) is 5.91 Å². The number of nitrogens with zero attached hydrogens (tertiary/aromatic N) is 3. The summed E-state index contributed by atoms with van der Waals surface area (Å²) in [7, 11) is 1.69. The molecule has 0 atom stereocenters. The molecule has 6 nitrogen and oxygen atoms in total. The number of fused-ring (bicyclic) bond motifs is 1. The maximum Gasteiger partial charge on any atom is 0.253 e. The van der Waals surface area contributed by atoms with Gasteiger partial charge < -0.3 is 18.9 Å². The van der Waals surface area contributed by atoms with E-state index in [4.69, 9.17) is 21.1 Å². The Balaban J connectivity index is 1.15. The Bertz CT molecular complexity index is 1440. The van der Waals surface area contributed by atoms with E-state index in [1.807, 2.05) is 47.4 Å². The average Bonchev–Trinajstić information content (AvgIpc) is 3.23. The number of alkyl halides is 1. The van der Waals surface area contributed by atoms with Crippen molar-refractivity contribution in [3.8, 4) is 17.2 Å². The predicted molar refractivity (Wildman–Crippen MR) is 162 cm³/mol. The maximum atomic E-state index is 13.2. The summed E-state index contributed by atoms with van der Waals surface area (Å²) in [6.45, 7) is 9.46. The number of hydrogen-bond donors (Lipinski definition) is 0. The number of ether oxygens (including phenoxy) is 2. The number of benzene rings is 3. The molecule has 3 aromatic carbocycles. The van der Waals surface area contributed by atoms with Crippen molar-refractivity contribution >= 4 is 28.4 Å². The third-order valence-corrected chi connectivity index (χ3v) is 8.27. The molecule has 0 spiro atoms. The normalized spacial score (nSPS) is 14.1. The fraction of sp³-hybridized carbons (Fsp3) is 0.364. The van der Waals surface area contributed by atoms with E-state index < -0.39 is 0 Å². The van der Waals surface area contributed by atoms with Gasteiger partial charge in [-0.3, -0.25) is 9.69 Å². The lowest BCUT2D eigenvalue weighted by molar-refractivity contribution is 0.0638. The van der Waals surface area contributed by atoms with E-state index in [1.54, 1.807) is 7.11 Å². The molecule has 0 aliphatic carbocycles. The van der Waals surface area contributed by atoms with Crippen LogP contribution in [-0.2, 0) is 13.0 Å². The van der Waals surface area contributed by atoms with Gasteiger partial charge in [-0.15, -0.1) is 11.6 Å². The highest BCUT2D eigenvalue weighted by Gasteiger charge is 2.22. The van der Waals surface area contributed by atoms with E-state index in [9.17, 15) is 4.79 Å². The van der Waals surface area contributed by atoms with Crippen molar-refractivity contribution in [2.45, 2.75) is 33.2 Å². The van der Waals surface area contributed by atoms with Gasteiger partial charge in [0.25, 0.3) is 5.91 Å². The van der Waals surface area contributed by atoms with Crippen molar-refractivity contribution in [3.63, 3.8) is 0 Å². The minimum atomic E-state index is 0.0761. The van der Waals surface area contributed by atoms with Gasteiger partial charge in [0.05, 0.1) is 7.11 Å². The van der Waals surface area contributed by atoms with Crippen LogP contribution in [0.15, 0.2) is 66.7 Å². The SMILES string of the molecule is COc1ccc(CCN2CCN(C(=O)c3ccc(Oc4ccc5c(c4)c(C)c(C)n5CCCCl)cc3)CC2)cc1. The maximum absolute atomic E-state index is 13.2. The number of halogens is 1. The van der Waals surface area contributed by atoms with Crippen molar-refractivity contribution in [3.05, 3.63) is 89.1 Å². The molecular formula is C33H38ClN3O3. The second kappa shape index (κ2) is 12.8. The zero-order valence-corrected chi connectivity index (χ0v) is 24.4. The fourth-order valence-electron chi connectivity index (χ4n) is 5.44. The highest BCUT2D eigenvalue weighted by Crippen LogP contribution is 2.31. The lowest BCUT2D eigenvalue weighted by Gasteiger charge is -2.34. The number of aryl methyl sites for hydroxylation is 2. The summed E-state index contributed by atoms with van der Waals surface area (Å²) in [5.74, 6) is 3.11. The van der Waals surface area contributed by atoms with Crippen LogP contribution in [0.1, 0.15) is 33.6 Å². The number of amides is 1. The number of hydrogen-bond acceptors (Lipinski definition) is 4. The van der Waals surface area contributed by atoms with Crippen LogP contribution in [0, 0.1) is 13.8 Å². The third kappa shape index (κ3) is 6.29. The molecule has 1 amide bonds. The average molecular weight is 560 g/mol. The van der Waals surface area contributed by atoms with Gasteiger partial charge in [-0.2, -0.15) is 0 Å². The molecule has 0 radical (unpaired) electrons. The molecule has 0 N–H and O–H groups in total. The van der Waals surface area contributed by atoms with Crippen LogP contribution in [0.25, 0.3) is 10.9 Å². The molecule has 7 heteroatoms. The summed E-state index contributed by atoms with van der Waals surface area (Å²) in [6.07, 6.45) is 1.93. The first kappa shape index (κ1) is 28.1. The molecule has 1 aromatic heterocycles. The van der Waals surface area contributed by atoms with Gasteiger partial charge >= 0.3 is 0 Å². The number of methoxy groups -OCH3 is 1. The van der Waals surface area contributed by atoms with Crippen molar-refractivity contribution < 1.29 is 14.3 Å². The molecule has 0 unspecified atom stereocenters. The third-order valence-electron chi connectivity index (χ3n) is 8.00. The summed E-state index contributed by atoms with van der Waals surface area (Å²) in [5.41, 5.74) is 5.72. The Hall–Kier alpha value is -3.48. The van der Waals surface area contributed by atoms with Gasteiger partial charge in [-0.1, -0.05) is 12.1 Å². The largest absolute Gasteiger partial charge is 0.497 e. The van der Waals surface area contributed by atoms with Gasteiger partial charge in [0.15, 0.2) is 0 Å². The summed E-state index contributed by atoms with van der Waals surface area (Å²) < 4.78 is 13.7. The second-order valence-corrected chi connectivity index (χ2v) is 10.8. The highest BCUT2D eigenvalue weighted by atomic mass is 35.5. The van der Waals surface area contributed by atoms with E-state index in [0.717, 1.165) is 69.4 Å². The van der Waals surface area contributed by atoms with Gasteiger partial charge in [0.2, 0.25) is 0 Å². The van der Waals surface area contributed by atoms with Crippen molar-refractivity contribution in [2.24, 2.45) is 0 Å². The number of rotatable bonds is 10. The molecule has 0 bridgehead atoms. The zero-order valence-electron chi connectivity index (χ0n) is 23.7. The van der Waals surface area contributed by atoms with Crippen molar-refractivity contribution in [1.82, 2.24) is 14.4 Å². The number of carbonyl (C=O) groups is 1. The Morgan fingerprint density at radius 1 is 0.850 bits per heavy atom. The van der Waals surface area contributed by atoms with Gasteiger partial charge in [0, 0.05) is 67.3 Å². The first-order valence-corrected chi connectivity index (χ1v) is 14.6. The summed E-state index contributed by atoms with van der Waals surface area (Å²) in [4.78, 5) is 17.5. The second-order valence-electron chi connectivity index (χ2n) is 10.4. The Morgan fingerprint density at radius 2 is 1.52 bits per heavy atom. The molecule has 1 aliphatic rings. The van der Waals surface area contributed by atoms with Crippen LogP contribution in [-0.4, -0.2) is 66.0 Å². The molecule has 40 heavy (non-hydrogen) atoms. The Labute approximate surface area is 242 Å². The molecule has 5 rings (SSSR count). The van der Waals surface area contributed by atoms with E-state index in [2.05, 4.69) is 47.6 Å². The topological polar surface area (TPSA) is 46.9 Å². The molecule has 1 fully saturated rings. The van der Waals surface area contributed by atoms with Crippen molar-refractivity contribution in [1.29, 1.82) is 0 Å². The monoisotopic (exact) mass is 559 g/mol.